The van der Waals surface area contributed by atoms with Gasteiger partial charge < -0.3 is 9.13 Å². The average molecular weight is 713 g/mol. The van der Waals surface area contributed by atoms with E-state index in [1.165, 1.54) is 98.8 Å². The SMILES string of the molecule is C(=C\c1c2ccccc2c(/C=C/c2ccc3c(c2)c2ccccc2n3-c2ccccc2)c2ccccc12)/c1ccc2c(c1)c1ccccc1n2-c1ccccc1. The Bertz CT molecular complexity index is 3060. The molecule has 9 aromatic carbocycles. The summed E-state index contributed by atoms with van der Waals surface area (Å²) in [5.41, 5.74) is 12.0. The van der Waals surface area contributed by atoms with Gasteiger partial charge in [0.05, 0.1) is 22.1 Å². The molecule has 262 valence electrons. The molecule has 0 radical (unpaired) electrons. The Balaban J connectivity index is 1.02. The largest absolute Gasteiger partial charge is 0.309 e. The molecule has 56 heavy (non-hydrogen) atoms. The van der Waals surface area contributed by atoms with Crippen LogP contribution in [0.5, 0.6) is 0 Å². The zero-order valence-electron chi connectivity index (χ0n) is 30.7. The third-order valence-electron chi connectivity index (χ3n) is 11.3. The van der Waals surface area contributed by atoms with E-state index in [-0.39, 0.29) is 0 Å². The first-order chi connectivity index (χ1) is 27.8. The van der Waals surface area contributed by atoms with Gasteiger partial charge >= 0.3 is 0 Å². The monoisotopic (exact) mass is 712 g/mol. The van der Waals surface area contributed by atoms with Gasteiger partial charge in [-0.1, -0.05) is 158 Å². The molecule has 0 saturated carbocycles. The zero-order valence-corrected chi connectivity index (χ0v) is 30.7. The highest BCUT2D eigenvalue weighted by Crippen LogP contribution is 2.38. The lowest BCUT2D eigenvalue weighted by molar-refractivity contribution is 1.18. The van der Waals surface area contributed by atoms with Gasteiger partial charge in [0.2, 0.25) is 0 Å². The summed E-state index contributed by atoms with van der Waals surface area (Å²) in [6, 6.07) is 70.1. The van der Waals surface area contributed by atoms with Gasteiger partial charge in [-0.3, -0.25) is 0 Å². The highest BCUT2D eigenvalue weighted by Gasteiger charge is 2.15. The second-order valence-corrected chi connectivity index (χ2v) is 14.5. The molecule has 11 rings (SSSR count). The van der Waals surface area contributed by atoms with Gasteiger partial charge in [-0.15, -0.1) is 0 Å². The molecule has 0 aliphatic heterocycles. The van der Waals surface area contributed by atoms with Crippen molar-refractivity contribution in [2.75, 3.05) is 0 Å². The van der Waals surface area contributed by atoms with E-state index in [4.69, 9.17) is 0 Å². The highest BCUT2D eigenvalue weighted by atomic mass is 15.0. The molecule has 2 aromatic heterocycles. The Labute approximate surface area is 325 Å². The summed E-state index contributed by atoms with van der Waals surface area (Å²) in [5.74, 6) is 0. The van der Waals surface area contributed by atoms with E-state index < -0.39 is 0 Å². The van der Waals surface area contributed by atoms with Gasteiger partial charge in [0.25, 0.3) is 0 Å². The maximum Gasteiger partial charge on any atom is 0.0541 e. The number of benzene rings is 9. The topological polar surface area (TPSA) is 9.86 Å². The van der Waals surface area contributed by atoms with Crippen LogP contribution in [-0.4, -0.2) is 9.13 Å². The van der Waals surface area contributed by atoms with Crippen LogP contribution in [0.2, 0.25) is 0 Å². The summed E-state index contributed by atoms with van der Waals surface area (Å²) in [5, 5.41) is 9.99. The van der Waals surface area contributed by atoms with Crippen molar-refractivity contribution in [1.29, 1.82) is 0 Å². The van der Waals surface area contributed by atoms with E-state index in [2.05, 4.69) is 228 Å². The van der Waals surface area contributed by atoms with Gasteiger partial charge in [-0.25, -0.2) is 0 Å². The molecule has 0 unspecified atom stereocenters. The summed E-state index contributed by atoms with van der Waals surface area (Å²) in [6.07, 6.45) is 9.18. The minimum atomic E-state index is 1.17. The number of fused-ring (bicyclic) bond motifs is 8. The Morgan fingerprint density at radius 1 is 0.250 bits per heavy atom. The molecule has 0 bridgehead atoms. The Morgan fingerprint density at radius 3 is 0.964 bits per heavy atom. The predicted octanol–water partition coefficient (Wildman–Crippen LogP) is 14.5. The lowest BCUT2D eigenvalue weighted by Crippen LogP contribution is -1.92. The second-order valence-electron chi connectivity index (χ2n) is 14.5. The number of nitrogens with zero attached hydrogens (tertiary/aromatic N) is 2. The summed E-state index contributed by atoms with van der Waals surface area (Å²) in [6.45, 7) is 0. The van der Waals surface area contributed by atoms with Crippen LogP contribution in [0.3, 0.4) is 0 Å². The molecule has 2 nitrogen and oxygen atoms in total. The van der Waals surface area contributed by atoms with Gasteiger partial charge in [0.15, 0.2) is 0 Å². The van der Waals surface area contributed by atoms with Crippen LogP contribution in [0.25, 0.3) is 101 Å². The summed E-state index contributed by atoms with van der Waals surface area (Å²) in [7, 11) is 0. The van der Waals surface area contributed by atoms with Crippen LogP contribution in [0.15, 0.2) is 194 Å². The predicted molar refractivity (Wildman–Crippen MR) is 241 cm³/mol. The van der Waals surface area contributed by atoms with Crippen LogP contribution < -0.4 is 0 Å². The molecule has 0 saturated heterocycles. The highest BCUT2D eigenvalue weighted by molar-refractivity contribution is 6.15. The van der Waals surface area contributed by atoms with Gasteiger partial charge in [-0.2, -0.15) is 0 Å². The lowest BCUT2D eigenvalue weighted by Gasteiger charge is -2.13. The number of aromatic nitrogens is 2. The molecule has 11 aromatic rings. The third kappa shape index (κ3) is 5.19. The molecular formula is C54H36N2. The van der Waals surface area contributed by atoms with E-state index in [1.54, 1.807) is 0 Å². The Kier molecular flexibility index (Phi) is 7.53. The van der Waals surface area contributed by atoms with Crippen LogP contribution in [0, 0.1) is 0 Å². The van der Waals surface area contributed by atoms with Crippen molar-refractivity contribution in [3.63, 3.8) is 0 Å². The van der Waals surface area contributed by atoms with Gasteiger partial charge in [0, 0.05) is 32.9 Å². The van der Waals surface area contributed by atoms with E-state index in [9.17, 15) is 0 Å². The van der Waals surface area contributed by atoms with Gasteiger partial charge in [0.1, 0.15) is 0 Å². The number of rotatable bonds is 6. The number of para-hydroxylation sites is 4. The molecule has 0 aliphatic rings. The van der Waals surface area contributed by atoms with E-state index in [1.807, 2.05) is 0 Å². The maximum absolute atomic E-state index is 2.37. The van der Waals surface area contributed by atoms with E-state index >= 15 is 0 Å². The van der Waals surface area contributed by atoms with Crippen LogP contribution >= 0.6 is 0 Å². The number of hydrogen-bond donors (Lipinski definition) is 0. The standard InChI is InChI=1S/C54H36N2/c1-3-15-39(16-4-1)55-51-25-13-11-23-47(51)49-35-37(29-33-53(49)55)27-31-45-41-19-7-9-21-43(41)46(44-22-10-8-20-42(44)45)32-28-38-30-34-54-50(36-38)48-24-12-14-26-52(48)56(54)40-17-5-2-6-18-40/h1-36H/b31-27+,32-28+. The average Bonchev–Trinajstić information content (AvgIpc) is 3.77. The number of hydrogen-bond acceptors (Lipinski definition) is 0. The molecule has 0 spiro atoms. The fourth-order valence-corrected chi connectivity index (χ4v) is 8.81. The molecule has 0 aliphatic carbocycles. The molecule has 0 atom stereocenters. The van der Waals surface area contributed by atoms with Crippen LogP contribution in [-0.2, 0) is 0 Å². The van der Waals surface area contributed by atoms with E-state index in [0.717, 1.165) is 0 Å². The van der Waals surface area contributed by atoms with Crippen LogP contribution in [0.4, 0.5) is 0 Å². The molecular weight excluding hydrogens is 677 g/mol. The Morgan fingerprint density at radius 2 is 0.571 bits per heavy atom. The third-order valence-corrected chi connectivity index (χ3v) is 11.3. The van der Waals surface area contributed by atoms with Gasteiger partial charge in [-0.05, 0) is 104 Å². The molecule has 0 fully saturated rings. The quantitative estimate of drug-likeness (QED) is 0.120. The van der Waals surface area contributed by atoms with Crippen molar-refractivity contribution in [2.24, 2.45) is 0 Å². The fraction of sp³-hybridized carbons (Fsp3) is 0. The molecule has 2 heteroatoms. The summed E-state index contributed by atoms with van der Waals surface area (Å²) >= 11 is 0. The van der Waals surface area contributed by atoms with Crippen molar-refractivity contribution in [3.8, 4) is 11.4 Å². The molecule has 0 N–H and O–H groups in total. The minimum absolute atomic E-state index is 1.17. The van der Waals surface area contributed by atoms with Crippen molar-refractivity contribution in [2.45, 2.75) is 0 Å². The van der Waals surface area contributed by atoms with Crippen molar-refractivity contribution in [3.05, 3.63) is 216 Å². The molecule has 0 amide bonds. The first-order valence-electron chi connectivity index (χ1n) is 19.3. The Hall–Kier alpha value is -7.42. The second kappa shape index (κ2) is 13.2. The maximum atomic E-state index is 2.37. The zero-order chi connectivity index (χ0) is 37.0. The first kappa shape index (κ1) is 32.0. The normalized spacial score (nSPS) is 12.1. The van der Waals surface area contributed by atoms with Crippen LogP contribution in [0.1, 0.15) is 22.3 Å². The molecule has 2 heterocycles. The van der Waals surface area contributed by atoms with Crippen molar-refractivity contribution >= 4 is 89.5 Å². The van der Waals surface area contributed by atoms with Crippen molar-refractivity contribution < 1.29 is 0 Å². The fourth-order valence-electron chi connectivity index (χ4n) is 8.81. The van der Waals surface area contributed by atoms with E-state index in [0.29, 0.717) is 0 Å². The first-order valence-corrected chi connectivity index (χ1v) is 19.3. The smallest absolute Gasteiger partial charge is 0.0541 e. The minimum Gasteiger partial charge on any atom is -0.309 e. The summed E-state index contributed by atoms with van der Waals surface area (Å²) < 4.78 is 4.74. The summed E-state index contributed by atoms with van der Waals surface area (Å²) in [4.78, 5) is 0. The van der Waals surface area contributed by atoms with Crippen molar-refractivity contribution in [1.82, 2.24) is 9.13 Å². The lowest BCUT2D eigenvalue weighted by atomic mass is 9.90.